The van der Waals surface area contributed by atoms with Crippen LogP contribution in [0.4, 0.5) is 5.69 Å². The number of nitrogens with zero attached hydrogens (tertiary/aromatic N) is 2. The lowest BCUT2D eigenvalue weighted by Gasteiger charge is -2.36. The number of carbonyl (C=O) groups is 2. The molecule has 0 aliphatic carbocycles. The van der Waals surface area contributed by atoms with Crippen molar-refractivity contribution >= 4 is 28.4 Å². The molecule has 1 aliphatic rings. The molecule has 3 aromatic rings. The van der Waals surface area contributed by atoms with Crippen LogP contribution in [0.5, 0.6) is 0 Å². The first-order valence-corrected chi connectivity index (χ1v) is 10.3. The van der Waals surface area contributed by atoms with Gasteiger partial charge in [0.15, 0.2) is 5.78 Å². The van der Waals surface area contributed by atoms with E-state index in [2.05, 4.69) is 9.80 Å². The van der Waals surface area contributed by atoms with Gasteiger partial charge in [-0.15, -0.1) is 0 Å². The Bertz CT molecular complexity index is 1050. The Morgan fingerprint density at radius 2 is 1.70 bits per heavy atom. The van der Waals surface area contributed by atoms with Crippen LogP contribution in [0.1, 0.15) is 40.3 Å². The zero-order valence-electron chi connectivity index (χ0n) is 17.4. The number of anilines is 1. The van der Waals surface area contributed by atoms with Gasteiger partial charge in [0, 0.05) is 54.9 Å². The van der Waals surface area contributed by atoms with Gasteiger partial charge in [-0.05, 0) is 44.2 Å². The number of ether oxygens (including phenoxy) is 1. The summed E-state index contributed by atoms with van der Waals surface area (Å²) >= 11 is 0. The summed E-state index contributed by atoms with van der Waals surface area (Å²) in [5.74, 6) is -0.0238. The number of hydrogen-bond acceptors (Lipinski definition) is 6. The fraction of sp³-hybridized carbons (Fsp3) is 0.333. The third kappa shape index (κ3) is 4.09. The van der Waals surface area contributed by atoms with Crippen molar-refractivity contribution in [1.29, 1.82) is 0 Å². The highest BCUT2D eigenvalue weighted by molar-refractivity contribution is 5.96. The van der Waals surface area contributed by atoms with Gasteiger partial charge in [0.1, 0.15) is 5.58 Å². The van der Waals surface area contributed by atoms with Crippen molar-refractivity contribution in [2.24, 2.45) is 0 Å². The monoisotopic (exact) mass is 406 g/mol. The van der Waals surface area contributed by atoms with Gasteiger partial charge in [-0.25, -0.2) is 4.79 Å². The Labute approximate surface area is 176 Å². The van der Waals surface area contributed by atoms with Crippen molar-refractivity contribution in [2.75, 3.05) is 37.7 Å². The highest BCUT2D eigenvalue weighted by atomic mass is 16.5. The van der Waals surface area contributed by atoms with E-state index < -0.39 is 5.97 Å². The van der Waals surface area contributed by atoms with Crippen LogP contribution < -0.4 is 4.90 Å². The summed E-state index contributed by atoms with van der Waals surface area (Å²) in [5, 5.41) is 0.961. The van der Waals surface area contributed by atoms with Crippen LogP contribution in [0.3, 0.4) is 0 Å². The van der Waals surface area contributed by atoms with Crippen LogP contribution >= 0.6 is 0 Å². The summed E-state index contributed by atoms with van der Waals surface area (Å²) < 4.78 is 11.0. The predicted molar refractivity (Wildman–Crippen MR) is 116 cm³/mol. The van der Waals surface area contributed by atoms with Crippen molar-refractivity contribution < 1.29 is 18.7 Å². The van der Waals surface area contributed by atoms with E-state index in [0.717, 1.165) is 48.4 Å². The molecular weight excluding hydrogens is 380 g/mol. The average Bonchev–Trinajstić information content (AvgIpc) is 3.13. The predicted octanol–water partition coefficient (Wildman–Crippen LogP) is 4.13. The fourth-order valence-corrected chi connectivity index (χ4v) is 3.91. The molecule has 0 amide bonds. The minimum atomic E-state index is -0.409. The molecule has 0 bridgehead atoms. The van der Waals surface area contributed by atoms with Crippen molar-refractivity contribution in [2.45, 2.75) is 20.4 Å². The molecular formula is C24H26N2O4. The van der Waals surface area contributed by atoms with Crippen LogP contribution in [-0.2, 0) is 11.3 Å². The summed E-state index contributed by atoms with van der Waals surface area (Å²) in [5.41, 5.74) is 3.46. The van der Waals surface area contributed by atoms with Crippen LogP contribution in [0, 0.1) is 0 Å². The zero-order valence-corrected chi connectivity index (χ0v) is 17.4. The average molecular weight is 406 g/mol. The normalized spacial score (nSPS) is 14.8. The lowest BCUT2D eigenvalue weighted by atomic mass is 10.1. The molecule has 1 fully saturated rings. The van der Waals surface area contributed by atoms with Gasteiger partial charge in [0.2, 0.25) is 5.76 Å². The highest BCUT2D eigenvalue weighted by Gasteiger charge is 2.25. The summed E-state index contributed by atoms with van der Waals surface area (Å²) in [6.07, 6.45) is 0. The Hall–Kier alpha value is -3.12. The van der Waals surface area contributed by atoms with Gasteiger partial charge in [-0.1, -0.05) is 18.2 Å². The molecule has 2 aromatic carbocycles. The maximum atomic E-state index is 12.4. The van der Waals surface area contributed by atoms with Crippen molar-refractivity contribution in [3.05, 3.63) is 65.4 Å². The van der Waals surface area contributed by atoms with E-state index in [4.69, 9.17) is 9.15 Å². The third-order valence-corrected chi connectivity index (χ3v) is 5.55. The van der Waals surface area contributed by atoms with Crippen molar-refractivity contribution in [3.8, 4) is 0 Å². The lowest BCUT2D eigenvalue weighted by Crippen LogP contribution is -2.46. The quantitative estimate of drug-likeness (QED) is 0.453. The molecule has 6 nitrogen and oxygen atoms in total. The zero-order chi connectivity index (χ0) is 21.1. The molecule has 30 heavy (non-hydrogen) atoms. The molecule has 0 radical (unpaired) electrons. The standard InChI is InChI=1S/C24H26N2O4/c1-3-29-24(28)23-21(20-6-4-5-7-22(20)30-23)16-25-12-14-26(15-13-25)19-10-8-18(9-11-19)17(2)27/h4-11H,3,12-16H2,1-2H3. The topological polar surface area (TPSA) is 63.0 Å². The van der Waals surface area contributed by atoms with Crippen LogP contribution in [-0.4, -0.2) is 49.4 Å². The summed E-state index contributed by atoms with van der Waals surface area (Å²) in [6.45, 7) is 7.83. The van der Waals surface area contributed by atoms with E-state index in [1.165, 1.54) is 0 Å². The van der Waals surface area contributed by atoms with E-state index in [-0.39, 0.29) is 5.78 Å². The number of Topliss-reactive ketones (excluding diaryl/α,β-unsaturated/α-hetero) is 1. The second-order valence-electron chi connectivity index (χ2n) is 7.49. The van der Waals surface area contributed by atoms with Crippen molar-refractivity contribution in [3.63, 3.8) is 0 Å². The Morgan fingerprint density at radius 3 is 2.37 bits per heavy atom. The molecule has 1 saturated heterocycles. The van der Waals surface area contributed by atoms with Gasteiger partial charge in [-0.3, -0.25) is 9.69 Å². The molecule has 0 saturated carbocycles. The second kappa shape index (κ2) is 8.71. The minimum Gasteiger partial charge on any atom is -0.460 e. The number of esters is 1. The molecule has 0 unspecified atom stereocenters. The smallest absolute Gasteiger partial charge is 0.374 e. The van der Waals surface area contributed by atoms with Gasteiger partial charge >= 0.3 is 5.97 Å². The largest absolute Gasteiger partial charge is 0.460 e. The number of benzene rings is 2. The SMILES string of the molecule is CCOC(=O)c1oc2ccccc2c1CN1CCN(c2ccc(C(C)=O)cc2)CC1. The summed E-state index contributed by atoms with van der Waals surface area (Å²) in [4.78, 5) is 28.6. The van der Waals surface area contributed by atoms with Crippen LogP contribution in [0.25, 0.3) is 11.0 Å². The molecule has 2 heterocycles. The van der Waals surface area contributed by atoms with Crippen LogP contribution in [0.15, 0.2) is 52.9 Å². The molecule has 0 N–H and O–H groups in total. The van der Waals surface area contributed by atoms with E-state index in [9.17, 15) is 9.59 Å². The number of ketones is 1. The molecule has 1 aromatic heterocycles. The molecule has 0 spiro atoms. The molecule has 4 rings (SSSR count). The van der Waals surface area contributed by atoms with Gasteiger partial charge < -0.3 is 14.1 Å². The van der Waals surface area contributed by atoms with E-state index in [1.807, 2.05) is 48.5 Å². The summed E-state index contributed by atoms with van der Waals surface area (Å²) in [6, 6.07) is 15.5. The first kappa shape index (κ1) is 20.2. The van der Waals surface area contributed by atoms with Gasteiger partial charge in [-0.2, -0.15) is 0 Å². The number of para-hydroxylation sites is 1. The Morgan fingerprint density at radius 1 is 1.00 bits per heavy atom. The number of fused-ring (bicyclic) bond motifs is 1. The van der Waals surface area contributed by atoms with E-state index in [1.54, 1.807) is 13.8 Å². The number of rotatable bonds is 6. The number of hydrogen-bond donors (Lipinski definition) is 0. The molecule has 6 heteroatoms. The number of piperazine rings is 1. The van der Waals surface area contributed by atoms with E-state index in [0.29, 0.717) is 24.5 Å². The number of furan rings is 1. The van der Waals surface area contributed by atoms with E-state index >= 15 is 0 Å². The molecule has 156 valence electrons. The first-order valence-electron chi connectivity index (χ1n) is 10.3. The molecule has 1 aliphatic heterocycles. The minimum absolute atomic E-state index is 0.0797. The van der Waals surface area contributed by atoms with Gasteiger partial charge in [0.25, 0.3) is 0 Å². The fourth-order valence-electron chi connectivity index (χ4n) is 3.91. The molecule has 0 atom stereocenters. The van der Waals surface area contributed by atoms with Crippen LogP contribution in [0.2, 0.25) is 0 Å². The Kier molecular flexibility index (Phi) is 5.86. The third-order valence-electron chi connectivity index (χ3n) is 5.55. The van der Waals surface area contributed by atoms with Crippen molar-refractivity contribution in [1.82, 2.24) is 4.90 Å². The first-order chi connectivity index (χ1) is 14.6. The number of carbonyl (C=O) groups excluding carboxylic acids is 2. The summed E-state index contributed by atoms with van der Waals surface area (Å²) in [7, 11) is 0. The maximum Gasteiger partial charge on any atom is 0.374 e. The second-order valence-corrected chi connectivity index (χ2v) is 7.49. The lowest BCUT2D eigenvalue weighted by molar-refractivity contribution is 0.0489. The Balaban J connectivity index is 1.47. The highest BCUT2D eigenvalue weighted by Crippen LogP contribution is 2.28. The maximum absolute atomic E-state index is 12.4. The van der Waals surface area contributed by atoms with Gasteiger partial charge in [0.05, 0.1) is 6.61 Å².